The highest BCUT2D eigenvalue weighted by Crippen LogP contribution is 2.16. The van der Waals surface area contributed by atoms with Crippen LogP contribution in [-0.4, -0.2) is 17.5 Å². The quantitative estimate of drug-likeness (QED) is 0.789. The zero-order valence-corrected chi connectivity index (χ0v) is 12.2. The van der Waals surface area contributed by atoms with E-state index in [1.165, 1.54) is 11.1 Å². The molecule has 0 aliphatic rings. The summed E-state index contributed by atoms with van der Waals surface area (Å²) in [4.78, 5) is 2.49. The van der Waals surface area contributed by atoms with Crippen molar-refractivity contribution in [2.24, 2.45) is 5.92 Å². The largest absolute Gasteiger partial charge is 0.296 e. The summed E-state index contributed by atoms with van der Waals surface area (Å²) in [6.45, 7) is 13.1. The normalized spacial score (nSPS) is 11.3. The fourth-order valence-electron chi connectivity index (χ4n) is 2.09. The second kappa shape index (κ2) is 6.56. The number of aryl methyl sites for hydroxylation is 1. The second-order valence-corrected chi connectivity index (χ2v) is 5.67. The maximum atomic E-state index is 8.88. The molecular weight excluding hydrogens is 220 g/mol. The van der Waals surface area contributed by atoms with E-state index in [1.807, 2.05) is 12.1 Å². The summed E-state index contributed by atoms with van der Waals surface area (Å²) >= 11 is 0. The van der Waals surface area contributed by atoms with Crippen LogP contribution in [0.5, 0.6) is 0 Å². The number of nitriles is 1. The van der Waals surface area contributed by atoms with Gasteiger partial charge in [0.25, 0.3) is 0 Å². The second-order valence-electron chi connectivity index (χ2n) is 5.67. The third kappa shape index (κ3) is 4.16. The third-order valence-corrected chi connectivity index (χ3v) is 3.18. The molecule has 2 heteroatoms. The third-order valence-electron chi connectivity index (χ3n) is 3.18. The molecule has 1 aromatic rings. The van der Waals surface area contributed by atoms with Crippen LogP contribution in [0, 0.1) is 24.2 Å². The Kier molecular flexibility index (Phi) is 5.37. The van der Waals surface area contributed by atoms with Crippen LogP contribution in [-0.2, 0) is 6.54 Å². The van der Waals surface area contributed by atoms with E-state index < -0.39 is 0 Å². The maximum Gasteiger partial charge on any atom is 0.0991 e. The van der Waals surface area contributed by atoms with Gasteiger partial charge in [-0.15, -0.1) is 0 Å². The lowest BCUT2D eigenvalue weighted by Crippen LogP contribution is -2.33. The zero-order valence-electron chi connectivity index (χ0n) is 12.2. The summed E-state index contributed by atoms with van der Waals surface area (Å²) in [5, 5.41) is 8.88. The van der Waals surface area contributed by atoms with Crippen molar-refractivity contribution >= 4 is 0 Å². The maximum absolute atomic E-state index is 8.88. The summed E-state index contributed by atoms with van der Waals surface area (Å²) in [7, 11) is 0. The molecule has 0 aromatic heterocycles. The van der Waals surface area contributed by atoms with Crippen LogP contribution in [0.2, 0.25) is 0 Å². The number of hydrogen-bond donors (Lipinski definition) is 0. The van der Waals surface area contributed by atoms with E-state index >= 15 is 0 Å². The molecule has 0 heterocycles. The number of benzene rings is 1. The molecule has 0 N–H and O–H groups in total. The van der Waals surface area contributed by atoms with Gasteiger partial charge in [0, 0.05) is 19.1 Å². The van der Waals surface area contributed by atoms with Crippen molar-refractivity contribution in [3.05, 3.63) is 34.9 Å². The molecule has 0 saturated heterocycles. The van der Waals surface area contributed by atoms with Gasteiger partial charge < -0.3 is 0 Å². The van der Waals surface area contributed by atoms with Gasteiger partial charge >= 0.3 is 0 Å². The summed E-state index contributed by atoms with van der Waals surface area (Å²) in [5.74, 6) is 0.672. The number of nitrogens with zero attached hydrogens (tertiary/aromatic N) is 2. The van der Waals surface area contributed by atoms with Crippen LogP contribution in [0.25, 0.3) is 0 Å². The van der Waals surface area contributed by atoms with Gasteiger partial charge in [-0.3, -0.25) is 4.90 Å². The summed E-state index contributed by atoms with van der Waals surface area (Å²) < 4.78 is 0. The van der Waals surface area contributed by atoms with E-state index in [-0.39, 0.29) is 0 Å². The van der Waals surface area contributed by atoms with Crippen molar-refractivity contribution in [1.29, 1.82) is 5.26 Å². The van der Waals surface area contributed by atoms with Crippen molar-refractivity contribution in [3.8, 4) is 6.07 Å². The molecule has 0 aliphatic heterocycles. The first-order valence-electron chi connectivity index (χ1n) is 6.67. The topological polar surface area (TPSA) is 27.0 Å². The van der Waals surface area contributed by atoms with Crippen LogP contribution in [0.1, 0.15) is 44.4 Å². The Balaban J connectivity index is 2.84. The minimum absolute atomic E-state index is 0.544. The molecule has 0 spiro atoms. The first-order valence-corrected chi connectivity index (χ1v) is 6.67. The Hall–Kier alpha value is -1.33. The van der Waals surface area contributed by atoms with Crippen molar-refractivity contribution in [2.75, 3.05) is 6.54 Å². The predicted molar refractivity (Wildman–Crippen MR) is 76.3 cm³/mol. The van der Waals surface area contributed by atoms with Crippen molar-refractivity contribution in [1.82, 2.24) is 4.90 Å². The van der Waals surface area contributed by atoms with Gasteiger partial charge in [0.05, 0.1) is 11.6 Å². The molecule has 0 atom stereocenters. The smallest absolute Gasteiger partial charge is 0.0991 e. The van der Waals surface area contributed by atoms with Crippen LogP contribution >= 0.6 is 0 Å². The van der Waals surface area contributed by atoms with E-state index in [4.69, 9.17) is 5.26 Å². The van der Waals surface area contributed by atoms with Crippen LogP contribution in [0.4, 0.5) is 0 Å². The van der Waals surface area contributed by atoms with Gasteiger partial charge in [0.1, 0.15) is 0 Å². The molecule has 0 bridgehead atoms. The average Bonchev–Trinajstić information content (AvgIpc) is 2.29. The van der Waals surface area contributed by atoms with Crippen molar-refractivity contribution in [2.45, 2.75) is 47.2 Å². The SMILES string of the molecule is Cc1cc(C#N)ccc1CN(CC(C)C)C(C)C. The number of rotatable bonds is 5. The fourth-order valence-corrected chi connectivity index (χ4v) is 2.09. The summed E-state index contributed by atoms with van der Waals surface area (Å²) in [6.07, 6.45) is 0. The van der Waals surface area contributed by atoms with Gasteiger partial charge in [-0.2, -0.15) is 5.26 Å². The molecule has 98 valence electrons. The minimum Gasteiger partial charge on any atom is -0.296 e. The van der Waals surface area contributed by atoms with Crippen molar-refractivity contribution < 1.29 is 0 Å². The van der Waals surface area contributed by atoms with E-state index in [0.29, 0.717) is 12.0 Å². The lowest BCUT2D eigenvalue weighted by molar-refractivity contribution is 0.189. The lowest BCUT2D eigenvalue weighted by atomic mass is 10.0. The standard InChI is InChI=1S/C16H24N2/c1-12(2)10-18(13(3)4)11-16-7-6-15(9-17)8-14(16)5/h6-8,12-13H,10-11H2,1-5H3. The van der Waals surface area contributed by atoms with Crippen molar-refractivity contribution in [3.63, 3.8) is 0 Å². The van der Waals surface area contributed by atoms with Crippen LogP contribution in [0.15, 0.2) is 18.2 Å². The van der Waals surface area contributed by atoms with Crippen LogP contribution < -0.4 is 0 Å². The Bertz CT molecular complexity index is 427. The number of hydrogen-bond acceptors (Lipinski definition) is 2. The molecular formula is C16H24N2. The van der Waals surface area contributed by atoms with E-state index in [2.05, 4.69) is 51.7 Å². The molecule has 0 aliphatic carbocycles. The molecule has 0 unspecified atom stereocenters. The molecule has 18 heavy (non-hydrogen) atoms. The lowest BCUT2D eigenvalue weighted by Gasteiger charge is -2.28. The van der Waals surface area contributed by atoms with Gasteiger partial charge in [-0.1, -0.05) is 19.9 Å². The molecule has 0 amide bonds. The Morgan fingerprint density at radius 3 is 2.33 bits per heavy atom. The molecule has 0 saturated carbocycles. The van der Waals surface area contributed by atoms with E-state index in [0.717, 1.165) is 18.7 Å². The van der Waals surface area contributed by atoms with Crippen LogP contribution in [0.3, 0.4) is 0 Å². The molecule has 0 fully saturated rings. The molecule has 0 radical (unpaired) electrons. The van der Waals surface area contributed by atoms with Gasteiger partial charge in [-0.05, 0) is 49.9 Å². The van der Waals surface area contributed by atoms with Gasteiger partial charge in [-0.25, -0.2) is 0 Å². The fraction of sp³-hybridized carbons (Fsp3) is 0.562. The summed E-state index contributed by atoms with van der Waals surface area (Å²) in [6, 6.07) is 8.71. The zero-order chi connectivity index (χ0) is 13.7. The monoisotopic (exact) mass is 244 g/mol. The first-order chi connectivity index (χ1) is 8.43. The Morgan fingerprint density at radius 1 is 1.22 bits per heavy atom. The highest BCUT2D eigenvalue weighted by Gasteiger charge is 2.13. The minimum atomic E-state index is 0.544. The van der Waals surface area contributed by atoms with E-state index in [1.54, 1.807) is 0 Å². The molecule has 1 rings (SSSR count). The van der Waals surface area contributed by atoms with E-state index in [9.17, 15) is 0 Å². The highest BCUT2D eigenvalue weighted by atomic mass is 15.1. The highest BCUT2D eigenvalue weighted by molar-refractivity contribution is 5.37. The predicted octanol–water partition coefficient (Wildman–Crippen LogP) is 3.73. The Morgan fingerprint density at radius 2 is 1.89 bits per heavy atom. The average molecular weight is 244 g/mol. The molecule has 1 aromatic carbocycles. The van der Waals surface area contributed by atoms with Gasteiger partial charge in [0.2, 0.25) is 0 Å². The first kappa shape index (κ1) is 14.7. The summed E-state index contributed by atoms with van der Waals surface area (Å²) in [5.41, 5.74) is 3.28. The Labute approximate surface area is 111 Å². The van der Waals surface area contributed by atoms with Gasteiger partial charge in [0.15, 0.2) is 0 Å². The molecule has 2 nitrogen and oxygen atoms in total.